The normalized spacial score (nSPS) is 20.2. The maximum absolute atomic E-state index is 5.75. The molecule has 1 aliphatic rings. The largest absolute Gasteiger partial charge is 0.377 e. The molecule has 0 aliphatic carbocycles. The maximum atomic E-state index is 5.75. The molecule has 0 aromatic heterocycles. The Hall–Kier alpha value is -0.0600. The van der Waals surface area contributed by atoms with Crippen molar-refractivity contribution in [3.63, 3.8) is 0 Å². The zero-order valence-corrected chi connectivity index (χ0v) is 13.8. The number of nitrogens with zero attached hydrogens (tertiary/aromatic N) is 1. The monoisotopic (exact) mass is 375 g/mol. The van der Waals surface area contributed by atoms with Crippen LogP contribution < -0.4 is 4.90 Å². The summed E-state index contributed by atoms with van der Waals surface area (Å²) in [6.07, 6.45) is 2.78. The van der Waals surface area contributed by atoms with E-state index in [9.17, 15) is 0 Å². The molecule has 4 heteroatoms. The Morgan fingerprint density at radius 3 is 2.94 bits per heavy atom. The Bertz CT molecular complexity index is 395. The lowest BCUT2D eigenvalue weighted by atomic mass is 10.1. The van der Waals surface area contributed by atoms with Gasteiger partial charge in [-0.1, -0.05) is 37.9 Å². The molecule has 1 fully saturated rings. The van der Waals surface area contributed by atoms with Gasteiger partial charge in [-0.2, -0.15) is 0 Å². The molecule has 2 rings (SSSR count). The third-order valence-electron chi connectivity index (χ3n) is 3.33. The van der Waals surface area contributed by atoms with Crippen LogP contribution in [-0.2, 0) is 10.1 Å². The Labute approximate surface area is 126 Å². The molecular formula is C14H19Br2NO. The SMILES string of the molecule is CCOC1CCCN(c2ccc(CBr)c(Br)c2)C1. The minimum absolute atomic E-state index is 0.387. The van der Waals surface area contributed by atoms with Crippen LogP contribution in [0.15, 0.2) is 22.7 Å². The van der Waals surface area contributed by atoms with Crippen LogP contribution in [0.25, 0.3) is 0 Å². The zero-order chi connectivity index (χ0) is 13.0. The average Bonchev–Trinajstić information content (AvgIpc) is 2.39. The number of piperidine rings is 1. The molecule has 0 saturated carbocycles. The first kappa shape index (κ1) is 14.4. The fourth-order valence-corrected chi connectivity index (χ4v) is 3.76. The molecule has 1 aromatic carbocycles. The summed E-state index contributed by atoms with van der Waals surface area (Å²) < 4.78 is 6.93. The molecule has 1 atom stereocenters. The van der Waals surface area contributed by atoms with E-state index in [1.54, 1.807) is 0 Å². The molecule has 1 unspecified atom stereocenters. The first-order chi connectivity index (χ1) is 8.74. The van der Waals surface area contributed by atoms with Crippen LogP contribution in [0.1, 0.15) is 25.3 Å². The molecular weight excluding hydrogens is 358 g/mol. The van der Waals surface area contributed by atoms with Crippen LogP contribution in [0.5, 0.6) is 0 Å². The molecule has 1 saturated heterocycles. The minimum Gasteiger partial charge on any atom is -0.377 e. The molecule has 18 heavy (non-hydrogen) atoms. The second-order valence-electron chi connectivity index (χ2n) is 4.57. The Morgan fingerprint density at radius 1 is 1.44 bits per heavy atom. The highest BCUT2D eigenvalue weighted by Crippen LogP contribution is 2.28. The predicted octanol–water partition coefficient (Wildman–Crippen LogP) is 4.35. The van der Waals surface area contributed by atoms with E-state index in [1.807, 2.05) is 0 Å². The van der Waals surface area contributed by atoms with Gasteiger partial charge in [0, 0.05) is 35.2 Å². The number of hydrogen-bond acceptors (Lipinski definition) is 2. The Kier molecular flexibility index (Phi) is 5.52. The van der Waals surface area contributed by atoms with Gasteiger partial charge in [0.25, 0.3) is 0 Å². The van der Waals surface area contributed by atoms with Crippen molar-refractivity contribution in [3.05, 3.63) is 28.2 Å². The summed E-state index contributed by atoms with van der Waals surface area (Å²) in [6, 6.07) is 6.60. The first-order valence-electron chi connectivity index (χ1n) is 6.45. The van der Waals surface area contributed by atoms with Gasteiger partial charge >= 0.3 is 0 Å². The highest BCUT2D eigenvalue weighted by molar-refractivity contribution is 9.10. The van der Waals surface area contributed by atoms with E-state index in [0.717, 1.165) is 25.0 Å². The summed E-state index contributed by atoms with van der Waals surface area (Å²) in [7, 11) is 0. The van der Waals surface area contributed by atoms with E-state index in [1.165, 1.54) is 28.6 Å². The molecule has 1 aliphatic heterocycles. The lowest BCUT2D eigenvalue weighted by Crippen LogP contribution is -2.39. The fourth-order valence-electron chi connectivity index (χ4n) is 2.39. The number of anilines is 1. The van der Waals surface area contributed by atoms with Crippen LogP contribution in [0.2, 0.25) is 0 Å². The second kappa shape index (κ2) is 6.92. The molecule has 100 valence electrons. The van der Waals surface area contributed by atoms with Gasteiger partial charge in [-0.15, -0.1) is 0 Å². The van der Waals surface area contributed by atoms with Crippen LogP contribution in [0.3, 0.4) is 0 Å². The van der Waals surface area contributed by atoms with Crippen molar-refractivity contribution in [3.8, 4) is 0 Å². The van der Waals surface area contributed by atoms with Gasteiger partial charge < -0.3 is 9.64 Å². The van der Waals surface area contributed by atoms with E-state index in [0.29, 0.717) is 6.10 Å². The first-order valence-corrected chi connectivity index (χ1v) is 8.37. The highest BCUT2D eigenvalue weighted by Gasteiger charge is 2.20. The summed E-state index contributed by atoms with van der Waals surface area (Å²) in [5.74, 6) is 0. The number of ether oxygens (including phenoxy) is 1. The zero-order valence-electron chi connectivity index (χ0n) is 10.7. The molecule has 0 spiro atoms. The lowest BCUT2D eigenvalue weighted by Gasteiger charge is -2.34. The summed E-state index contributed by atoms with van der Waals surface area (Å²) >= 11 is 7.13. The summed E-state index contributed by atoms with van der Waals surface area (Å²) in [5.41, 5.74) is 2.58. The third kappa shape index (κ3) is 3.49. The van der Waals surface area contributed by atoms with E-state index in [2.05, 4.69) is 61.9 Å². The van der Waals surface area contributed by atoms with Crippen LogP contribution in [0, 0.1) is 0 Å². The van der Waals surface area contributed by atoms with Gasteiger partial charge in [-0.25, -0.2) is 0 Å². The van der Waals surface area contributed by atoms with Gasteiger partial charge in [0.05, 0.1) is 6.10 Å². The number of hydrogen-bond donors (Lipinski definition) is 0. The highest BCUT2D eigenvalue weighted by atomic mass is 79.9. The number of halogens is 2. The number of alkyl halides is 1. The molecule has 2 nitrogen and oxygen atoms in total. The average molecular weight is 377 g/mol. The summed E-state index contributed by atoms with van der Waals surface area (Å²) in [6.45, 7) is 5.02. The third-order valence-corrected chi connectivity index (χ3v) is 4.67. The smallest absolute Gasteiger partial charge is 0.0750 e. The quantitative estimate of drug-likeness (QED) is 0.724. The molecule has 1 heterocycles. The predicted molar refractivity (Wildman–Crippen MR) is 83.6 cm³/mol. The maximum Gasteiger partial charge on any atom is 0.0750 e. The van der Waals surface area contributed by atoms with E-state index in [-0.39, 0.29) is 0 Å². The van der Waals surface area contributed by atoms with Crippen LogP contribution in [0.4, 0.5) is 5.69 Å². The van der Waals surface area contributed by atoms with Crippen molar-refractivity contribution >= 4 is 37.5 Å². The van der Waals surface area contributed by atoms with Crippen molar-refractivity contribution in [2.24, 2.45) is 0 Å². The molecule has 0 radical (unpaired) electrons. The Morgan fingerprint density at radius 2 is 2.28 bits per heavy atom. The van der Waals surface area contributed by atoms with Gasteiger partial charge in [0.15, 0.2) is 0 Å². The Balaban J connectivity index is 2.08. The van der Waals surface area contributed by atoms with Crippen LogP contribution >= 0.6 is 31.9 Å². The topological polar surface area (TPSA) is 12.5 Å². The van der Waals surface area contributed by atoms with Gasteiger partial charge in [0.1, 0.15) is 0 Å². The molecule has 0 N–H and O–H groups in total. The number of rotatable bonds is 4. The van der Waals surface area contributed by atoms with Gasteiger partial charge in [-0.3, -0.25) is 0 Å². The molecule has 1 aromatic rings. The molecule has 0 amide bonds. The van der Waals surface area contributed by atoms with Crippen molar-refractivity contribution in [2.75, 3.05) is 24.6 Å². The van der Waals surface area contributed by atoms with Crippen molar-refractivity contribution in [1.82, 2.24) is 0 Å². The summed E-state index contributed by atoms with van der Waals surface area (Å²) in [4.78, 5) is 2.42. The van der Waals surface area contributed by atoms with E-state index >= 15 is 0 Å². The fraction of sp³-hybridized carbons (Fsp3) is 0.571. The molecule has 0 bridgehead atoms. The minimum atomic E-state index is 0.387. The second-order valence-corrected chi connectivity index (χ2v) is 5.99. The lowest BCUT2D eigenvalue weighted by molar-refractivity contribution is 0.0527. The van der Waals surface area contributed by atoms with Crippen LogP contribution in [-0.4, -0.2) is 25.8 Å². The van der Waals surface area contributed by atoms with E-state index in [4.69, 9.17) is 4.74 Å². The standard InChI is InChI=1S/C14H19Br2NO/c1-2-18-13-4-3-7-17(10-13)12-6-5-11(9-15)14(16)8-12/h5-6,8,13H,2-4,7,9-10H2,1H3. The summed E-state index contributed by atoms with van der Waals surface area (Å²) in [5, 5.41) is 0.884. The van der Waals surface area contributed by atoms with Crippen molar-refractivity contribution < 1.29 is 4.74 Å². The van der Waals surface area contributed by atoms with Crippen molar-refractivity contribution in [1.29, 1.82) is 0 Å². The number of benzene rings is 1. The van der Waals surface area contributed by atoms with E-state index < -0.39 is 0 Å². The van der Waals surface area contributed by atoms with Gasteiger partial charge in [0.2, 0.25) is 0 Å². The van der Waals surface area contributed by atoms with Gasteiger partial charge in [-0.05, 0) is 37.5 Å². The van der Waals surface area contributed by atoms with Crippen molar-refractivity contribution in [2.45, 2.75) is 31.2 Å².